The highest BCUT2D eigenvalue weighted by molar-refractivity contribution is 7.59. The predicted octanol–water partition coefficient (Wildman–Crippen LogP) is -4.85. The Balaban J connectivity index is 1.38. The number of aromatic nitrogens is 4. The van der Waals surface area contributed by atoms with Crippen LogP contribution in [0.1, 0.15) is 6.23 Å². The molecule has 8 N–H and O–H groups in total. The van der Waals surface area contributed by atoms with Crippen LogP contribution in [0.15, 0.2) is 12.7 Å². The van der Waals surface area contributed by atoms with E-state index in [1.165, 1.54) is 4.57 Å². The summed E-state index contributed by atoms with van der Waals surface area (Å²) in [5.74, 6) is 0.00821. The number of alkyl halides is 1. The molecule has 0 radical (unpaired) electrons. The van der Waals surface area contributed by atoms with Crippen LogP contribution >= 0.6 is 15.6 Å². The van der Waals surface area contributed by atoms with Gasteiger partial charge in [-0.05, 0) is 0 Å². The Kier molecular flexibility index (Phi) is 9.22. The number of nitrogens with two attached hydrogens (primary N) is 1. The smallest absolute Gasteiger partial charge is 0.276 e. The SMILES string of the molecule is Nc1ncnc2c1ncn2[C@@H]1O[C@H](COP(=O)([O-])OP(=O)([O-])O[C@@H]2O[C@H]([C@@H](O)CO)[C@@H](O)[C@H](O)[C@H]2F)[C@@H](O)[C@H]1O. The van der Waals surface area contributed by atoms with E-state index in [-0.39, 0.29) is 17.0 Å². The van der Waals surface area contributed by atoms with E-state index in [2.05, 4.69) is 28.3 Å². The summed E-state index contributed by atoms with van der Waals surface area (Å²) in [6.45, 7) is -2.13. The first-order valence-electron chi connectivity index (χ1n) is 11.2. The van der Waals surface area contributed by atoms with Gasteiger partial charge in [0, 0.05) is 0 Å². The van der Waals surface area contributed by atoms with Crippen LogP contribution in [0.25, 0.3) is 11.2 Å². The first-order chi connectivity index (χ1) is 18.7. The van der Waals surface area contributed by atoms with Gasteiger partial charge in [0.1, 0.15) is 54.6 Å². The van der Waals surface area contributed by atoms with Crippen molar-refractivity contribution in [1.29, 1.82) is 0 Å². The molecule has 0 aromatic carbocycles. The number of anilines is 1. The van der Waals surface area contributed by atoms with Crippen molar-refractivity contribution in [3.8, 4) is 0 Å². The summed E-state index contributed by atoms with van der Waals surface area (Å²) in [6.07, 6.45) is -17.8. The zero-order chi connectivity index (χ0) is 29.6. The average Bonchev–Trinajstić information content (AvgIpc) is 3.43. The number of aliphatic hydroxyl groups is 6. The molecule has 2 aromatic heterocycles. The van der Waals surface area contributed by atoms with Crippen molar-refractivity contribution in [2.24, 2.45) is 0 Å². The molecule has 2 aliphatic rings. The number of aliphatic hydroxyl groups excluding tert-OH is 6. The number of rotatable bonds is 10. The minimum atomic E-state index is -6.05. The fourth-order valence-electron chi connectivity index (χ4n) is 3.97. The number of phosphoric acid groups is 2. The second kappa shape index (κ2) is 11.8. The van der Waals surface area contributed by atoms with Gasteiger partial charge in [-0.1, -0.05) is 0 Å². The fourth-order valence-corrected chi connectivity index (χ4v) is 6.04. The first kappa shape index (κ1) is 31.2. The first-order valence-corrected chi connectivity index (χ1v) is 14.1. The van der Waals surface area contributed by atoms with Crippen molar-refractivity contribution >= 4 is 32.6 Å². The second-order valence-electron chi connectivity index (χ2n) is 8.65. The van der Waals surface area contributed by atoms with Crippen molar-refractivity contribution in [2.45, 2.75) is 61.4 Å². The lowest BCUT2D eigenvalue weighted by atomic mass is 9.96. The topological polar surface area (TPSA) is 317 Å². The summed E-state index contributed by atoms with van der Waals surface area (Å²) in [5, 5.41) is 58.8. The molecule has 2 saturated heterocycles. The van der Waals surface area contributed by atoms with Crippen LogP contribution in [0.3, 0.4) is 0 Å². The normalized spacial score (nSPS) is 36.8. The van der Waals surface area contributed by atoms with E-state index in [0.717, 1.165) is 12.7 Å². The van der Waals surface area contributed by atoms with Crippen molar-refractivity contribution in [3.05, 3.63) is 12.7 Å². The number of ether oxygens (including phenoxy) is 2. The molecule has 20 nitrogen and oxygen atoms in total. The Labute approximate surface area is 222 Å². The third-order valence-corrected chi connectivity index (χ3v) is 8.49. The number of nitrogen functional groups attached to an aromatic ring is 1. The van der Waals surface area contributed by atoms with Crippen LogP contribution in [0.4, 0.5) is 10.2 Å². The Morgan fingerprint density at radius 2 is 1.77 bits per heavy atom. The molecule has 4 rings (SSSR count). The van der Waals surface area contributed by atoms with Crippen LogP contribution in [-0.4, -0.2) is 119 Å². The molecule has 0 bridgehead atoms. The largest absolute Gasteiger partial charge is 0.756 e. The minimum absolute atomic E-state index is 0.00821. The van der Waals surface area contributed by atoms with Gasteiger partial charge in [-0.15, -0.1) is 0 Å². The zero-order valence-electron chi connectivity index (χ0n) is 19.8. The number of hydrogen-bond donors (Lipinski definition) is 7. The van der Waals surface area contributed by atoms with Crippen molar-refractivity contribution < 1.29 is 76.8 Å². The lowest BCUT2D eigenvalue weighted by Crippen LogP contribution is -2.60. The number of fused-ring (bicyclic) bond motifs is 1. The molecule has 23 heteroatoms. The Morgan fingerprint density at radius 3 is 2.45 bits per heavy atom. The van der Waals surface area contributed by atoms with Crippen LogP contribution < -0.4 is 15.5 Å². The molecular weight excluding hydrogens is 595 g/mol. The fraction of sp³-hybridized carbons (Fsp3) is 0.706. The van der Waals surface area contributed by atoms with Crippen LogP contribution in [-0.2, 0) is 32.0 Å². The van der Waals surface area contributed by atoms with Gasteiger partial charge in [-0.25, -0.2) is 23.7 Å². The zero-order valence-corrected chi connectivity index (χ0v) is 21.6. The van der Waals surface area contributed by atoms with Gasteiger partial charge in [0.05, 0.1) is 19.5 Å². The third-order valence-electron chi connectivity index (χ3n) is 5.96. The molecule has 2 aromatic rings. The van der Waals surface area contributed by atoms with Gasteiger partial charge < -0.3 is 60.2 Å². The molecule has 40 heavy (non-hydrogen) atoms. The molecule has 0 amide bonds. The summed E-state index contributed by atoms with van der Waals surface area (Å²) < 4.78 is 62.5. The van der Waals surface area contributed by atoms with Crippen molar-refractivity contribution in [3.63, 3.8) is 0 Å². The minimum Gasteiger partial charge on any atom is -0.756 e. The summed E-state index contributed by atoms with van der Waals surface area (Å²) in [5.41, 5.74) is 5.95. The van der Waals surface area contributed by atoms with E-state index in [1.807, 2.05) is 0 Å². The second-order valence-corrected chi connectivity index (χ2v) is 11.6. The van der Waals surface area contributed by atoms with Gasteiger partial charge in [0.2, 0.25) is 0 Å². The van der Waals surface area contributed by atoms with Gasteiger partial charge in [-0.3, -0.25) is 18.2 Å². The molecule has 0 aliphatic carbocycles. The highest BCUT2D eigenvalue weighted by Crippen LogP contribution is 2.57. The quantitative estimate of drug-likeness (QED) is 0.123. The summed E-state index contributed by atoms with van der Waals surface area (Å²) in [7, 11) is -11.9. The highest BCUT2D eigenvalue weighted by atomic mass is 31.3. The van der Waals surface area contributed by atoms with Gasteiger partial charge in [-0.2, -0.15) is 0 Å². The highest BCUT2D eigenvalue weighted by Gasteiger charge is 2.49. The third kappa shape index (κ3) is 6.33. The molecule has 0 saturated carbocycles. The number of nitrogens with zero attached hydrogens (tertiary/aromatic N) is 4. The lowest BCUT2D eigenvalue weighted by Gasteiger charge is -2.42. The van der Waals surface area contributed by atoms with E-state index < -0.39 is 90.3 Å². The molecule has 2 fully saturated rings. The molecule has 4 heterocycles. The standard InChI is InChI=1S/C17H26FN5O15P2/c18-7-10(27)11(28)13(5(25)1-24)36-17(7)37-40(32,33)38-39(30,31)34-2-6-9(26)12(29)16(35-6)23-4-22-8-14(19)20-3-21-15(8)23/h3-7,9-13,16-17,24-29H,1-2H2,(H,30,31)(H,32,33)(H2,19,20,21)/p-2/t5-,6+,7+,9+,10+,11-,12+,13+,16+,17-/m0/s1. The Morgan fingerprint density at radius 1 is 1.07 bits per heavy atom. The van der Waals surface area contributed by atoms with Gasteiger partial charge >= 0.3 is 0 Å². The summed E-state index contributed by atoms with van der Waals surface area (Å²) >= 11 is 0. The Bertz CT molecular complexity index is 1290. The number of halogens is 1. The average molecular weight is 619 g/mol. The van der Waals surface area contributed by atoms with Crippen LogP contribution in [0, 0.1) is 0 Å². The molecule has 226 valence electrons. The van der Waals surface area contributed by atoms with Crippen LogP contribution in [0.2, 0.25) is 0 Å². The van der Waals surface area contributed by atoms with E-state index in [0.29, 0.717) is 0 Å². The maximum atomic E-state index is 14.3. The number of phosphoric ester groups is 2. The number of imidazole rings is 1. The van der Waals surface area contributed by atoms with Gasteiger partial charge in [0.25, 0.3) is 15.6 Å². The molecular formula is C17H24FN5O15P2-2. The van der Waals surface area contributed by atoms with Crippen molar-refractivity contribution in [1.82, 2.24) is 19.5 Å². The molecule has 2 unspecified atom stereocenters. The van der Waals surface area contributed by atoms with E-state index in [1.54, 1.807) is 0 Å². The molecule has 2 aliphatic heterocycles. The summed E-state index contributed by atoms with van der Waals surface area (Å²) in [4.78, 5) is 36.0. The Hall–Kier alpha value is -1.78. The van der Waals surface area contributed by atoms with E-state index >= 15 is 0 Å². The van der Waals surface area contributed by atoms with Crippen LogP contribution in [0.5, 0.6) is 0 Å². The summed E-state index contributed by atoms with van der Waals surface area (Å²) in [6, 6.07) is 0. The maximum Gasteiger partial charge on any atom is 0.276 e. The number of hydrogen-bond acceptors (Lipinski definition) is 19. The molecule has 0 spiro atoms. The van der Waals surface area contributed by atoms with Crippen molar-refractivity contribution in [2.75, 3.05) is 18.9 Å². The van der Waals surface area contributed by atoms with E-state index in [9.17, 15) is 48.8 Å². The van der Waals surface area contributed by atoms with Gasteiger partial charge in [0.15, 0.2) is 30.2 Å². The molecule has 12 atom stereocenters. The van der Waals surface area contributed by atoms with E-state index in [4.69, 9.17) is 20.3 Å². The predicted molar refractivity (Wildman–Crippen MR) is 118 cm³/mol. The monoisotopic (exact) mass is 619 g/mol. The maximum absolute atomic E-state index is 14.3. The lowest BCUT2D eigenvalue weighted by molar-refractivity contribution is -0.303.